The average Bonchev–Trinajstić information content (AvgIpc) is 3.13. The van der Waals surface area contributed by atoms with Crippen LogP contribution in [0.3, 0.4) is 0 Å². The molecule has 3 N–H and O–H groups in total. The molecule has 9 nitrogen and oxygen atoms in total. The van der Waals surface area contributed by atoms with Crippen LogP contribution >= 0.6 is 0 Å². The van der Waals surface area contributed by atoms with Gasteiger partial charge in [-0.3, -0.25) is 4.90 Å². The van der Waals surface area contributed by atoms with E-state index in [0.29, 0.717) is 30.4 Å². The molecule has 0 saturated carbocycles. The van der Waals surface area contributed by atoms with Crippen molar-refractivity contribution in [3.05, 3.63) is 59.8 Å². The Labute approximate surface area is 223 Å². The number of aryl methyl sites for hydroxylation is 1. The van der Waals surface area contributed by atoms with E-state index in [1.165, 1.54) is 5.56 Å². The smallest absolute Gasteiger partial charge is 0.410 e. The van der Waals surface area contributed by atoms with Crippen LogP contribution in [0.4, 0.5) is 10.6 Å². The zero-order chi connectivity index (χ0) is 26.9. The molecule has 1 aliphatic heterocycles. The van der Waals surface area contributed by atoms with Crippen LogP contribution in [0.5, 0.6) is 0 Å². The summed E-state index contributed by atoms with van der Waals surface area (Å²) in [7, 11) is 0. The molecule has 2 aromatic carbocycles. The van der Waals surface area contributed by atoms with Crippen molar-refractivity contribution in [1.82, 2.24) is 29.7 Å². The number of nitrogens with one attached hydrogen (secondary N) is 1. The van der Waals surface area contributed by atoms with Crippen molar-refractivity contribution in [3.8, 4) is 22.8 Å². The molecular weight excluding hydrogens is 478 g/mol. The van der Waals surface area contributed by atoms with Crippen LogP contribution in [-0.2, 0) is 11.3 Å². The Balaban J connectivity index is 1.26. The third-order valence-electron chi connectivity index (χ3n) is 6.56. The molecule has 0 atom stereocenters. The summed E-state index contributed by atoms with van der Waals surface area (Å²) >= 11 is 0. The van der Waals surface area contributed by atoms with Gasteiger partial charge < -0.3 is 20.4 Å². The highest BCUT2D eigenvalue weighted by Crippen LogP contribution is 2.27. The van der Waals surface area contributed by atoms with E-state index in [1.54, 1.807) is 6.20 Å². The molecule has 38 heavy (non-hydrogen) atoms. The Hall–Kier alpha value is -3.98. The minimum atomic E-state index is -0.481. The normalized spacial score (nSPS) is 15.0. The van der Waals surface area contributed by atoms with Crippen LogP contribution in [0.15, 0.2) is 48.7 Å². The van der Waals surface area contributed by atoms with Gasteiger partial charge in [-0.25, -0.2) is 19.7 Å². The Morgan fingerprint density at radius 2 is 1.84 bits per heavy atom. The van der Waals surface area contributed by atoms with Gasteiger partial charge in [0.05, 0.1) is 22.9 Å². The SMILES string of the molecule is Cc1ccc2nc(-c3nc(-c4ccc(CN5CCCN(C(=O)OC(C)(C)C)CC5)cc4)cnc3N)[nH]c2c1. The molecule has 9 heteroatoms. The van der Waals surface area contributed by atoms with E-state index in [4.69, 9.17) is 15.5 Å². The number of hydrogen-bond donors (Lipinski definition) is 2. The second kappa shape index (κ2) is 10.4. The number of nitrogens with two attached hydrogens (primary N) is 1. The number of carbonyl (C=O) groups excluding carboxylic acids is 1. The van der Waals surface area contributed by atoms with Crippen molar-refractivity contribution in [2.24, 2.45) is 0 Å². The van der Waals surface area contributed by atoms with Crippen molar-refractivity contribution in [1.29, 1.82) is 0 Å². The number of nitrogen functional groups attached to an aromatic ring is 1. The first kappa shape index (κ1) is 25.7. The van der Waals surface area contributed by atoms with Gasteiger partial charge in [-0.05, 0) is 57.4 Å². The molecule has 1 amide bonds. The highest BCUT2D eigenvalue weighted by molar-refractivity contribution is 5.81. The number of anilines is 1. The number of ether oxygens (including phenoxy) is 1. The zero-order valence-corrected chi connectivity index (χ0v) is 22.5. The number of hydrogen-bond acceptors (Lipinski definition) is 7. The molecule has 2 aromatic heterocycles. The van der Waals surface area contributed by atoms with Crippen molar-refractivity contribution in [2.45, 2.75) is 46.3 Å². The number of fused-ring (bicyclic) bond motifs is 1. The number of imidazole rings is 1. The number of carbonyl (C=O) groups is 1. The van der Waals surface area contributed by atoms with Gasteiger partial charge >= 0.3 is 6.09 Å². The van der Waals surface area contributed by atoms with Crippen molar-refractivity contribution >= 4 is 22.9 Å². The summed E-state index contributed by atoms with van der Waals surface area (Å²) < 4.78 is 5.55. The molecule has 1 fully saturated rings. The molecular formula is C29H35N7O2. The van der Waals surface area contributed by atoms with E-state index in [-0.39, 0.29) is 6.09 Å². The molecule has 3 heterocycles. The summed E-state index contributed by atoms with van der Waals surface area (Å²) in [4.78, 5) is 33.8. The quantitative estimate of drug-likeness (QED) is 0.394. The fraction of sp³-hybridized carbons (Fsp3) is 0.379. The van der Waals surface area contributed by atoms with Crippen LogP contribution in [0.1, 0.15) is 38.3 Å². The number of aromatic amines is 1. The van der Waals surface area contributed by atoms with Crippen LogP contribution in [0.25, 0.3) is 33.8 Å². The highest BCUT2D eigenvalue weighted by atomic mass is 16.6. The van der Waals surface area contributed by atoms with Gasteiger partial charge in [-0.1, -0.05) is 30.3 Å². The minimum absolute atomic E-state index is 0.231. The maximum absolute atomic E-state index is 12.5. The molecule has 198 valence electrons. The van der Waals surface area contributed by atoms with Crippen LogP contribution in [0, 0.1) is 6.92 Å². The predicted octanol–water partition coefficient (Wildman–Crippen LogP) is 5.02. The van der Waals surface area contributed by atoms with Gasteiger partial charge in [0.2, 0.25) is 0 Å². The van der Waals surface area contributed by atoms with Crippen molar-refractivity contribution < 1.29 is 9.53 Å². The highest BCUT2D eigenvalue weighted by Gasteiger charge is 2.24. The number of rotatable bonds is 4. The van der Waals surface area contributed by atoms with Crippen LogP contribution in [0.2, 0.25) is 0 Å². The van der Waals surface area contributed by atoms with Gasteiger partial charge in [-0.2, -0.15) is 0 Å². The molecule has 0 bridgehead atoms. The largest absolute Gasteiger partial charge is 0.444 e. The average molecular weight is 514 g/mol. The van der Waals surface area contributed by atoms with Gasteiger partial charge in [0, 0.05) is 38.3 Å². The van der Waals surface area contributed by atoms with Gasteiger partial charge in [0.1, 0.15) is 11.3 Å². The number of H-pyrrole nitrogens is 1. The maximum Gasteiger partial charge on any atom is 0.410 e. The van der Waals surface area contributed by atoms with Crippen molar-refractivity contribution in [2.75, 3.05) is 31.9 Å². The number of benzene rings is 2. The summed E-state index contributed by atoms with van der Waals surface area (Å²) in [5, 5.41) is 0. The van der Waals surface area contributed by atoms with E-state index in [2.05, 4.69) is 50.2 Å². The third-order valence-corrected chi connectivity index (χ3v) is 6.56. The second-order valence-electron chi connectivity index (χ2n) is 10.9. The maximum atomic E-state index is 12.5. The monoisotopic (exact) mass is 513 g/mol. The third kappa shape index (κ3) is 5.94. The first-order chi connectivity index (χ1) is 18.1. The number of nitrogens with zero attached hydrogens (tertiary/aromatic N) is 5. The van der Waals surface area contributed by atoms with E-state index < -0.39 is 5.60 Å². The standard InChI is InChI=1S/C29H35N7O2/c1-19-6-11-22-23(16-19)34-27(33-22)25-26(30)31-17-24(32-25)21-9-7-20(8-10-21)18-35-12-5-13-36(15-14-35)28(37)38-29(2,3)4/h6-11,16-17H,5,12-15,18H2,1-4H3,(H2,30,31)(H,33,34). The van der Waals surface area contributed by atoms with Crippen LogP contribution in [-0.4, -0.2) is 67.6 Å². The Morgan fingerprint density at radius 3 is 2.61 bits per heavy atom. The Bertz CT molecular complexity index is 1440. The van der Waals surface area contributed by atoms with Crippen molar-refractivity contribution in [3.63, 3.8) is 0 Å². The van der Waals surface area contributed by atoms with Gasteiger partial charge in [0.15, 0.2) is 11.6 Å². The van der Waals surface area contributed by atoms with E-state index in [0.717, 1.165) is 53.9 Å². The summed E-state index contributed by atoms with van der Waals surface area (Å²) in [5.41, 5.74) is 12.1. The zero-order valence-electron chi connectivity index (χ0n) is 22.5. The minimum Gasteiger partial charge on any atom is -0.444 e. The lowest BCUT2D eigenvalue weighted by molar-refractivity contribution is 0.0257. The molecule has 1 aliphatic rings. The molecule has 4 aromatic rings. The molecule has 5 rings (SSSR count). The van der Waals surface area contributed by atoms with Gasteiger partial charge in [-0.15, -0.1) is 0 Å². The lowest BCUT2D eigenvalue weighted by Gasteiger charge is -2.26. The molecule has 0 unspecified atom stereocenters. The topological polar surface area (TPSA) is 113 Å². The molecule has 0 spiro atoms. The predicted molar refractivity (Wildman–Crippen MR) is 149 cm³/mol. The number of aromatic nitrogens is 4. The first-order valence-corrected chi connectivity index (χ1v) is 13.0. The lowest BCUT2D eigenvalue weighted by atomic mass is 10.1. The summed E-state index contributed by atoms with van der Waals surface area (Å²) in [6.45, 7) is 11.7. The fourth-order valence-electron chi connectivity index (χ4n) is 4.62. The summed E-state index contributed by atoms with van der Waals surface area (Å²) in [6.07, 6.45) is 2.38. The Kier molecular flexibility index (Phi) is 7.03. The van der Waals surface area contributed by atoms with E-state index in [9.17, 15) is 4.79 Å². The molecule has 0 radical (unpaired) electrons. The van der Waals surface area contributed by atoms with E-state index in [1.807, 2.05) is 44.7 Å². The number of amides is 1. The van der Waals surface area contributed by atoms with E-state index >= 15 is 0 Å². The summed E-state index contributed by atoms with van der Waals surface area (Å²) in [5.74, 6) is 0.943. The molecule has 0 aliphatic carbocycles. The Morgan fingerprint density at radius 1 is 1.05 bits per heavy atom. The fourth-order valence-corrected chi connectivity index (χ4v) is 4.62. The van der Waals surface area contributed by atoms with Crippen LogP contribution < -0.4 is 5.73 Å². The summed E-state index contributed by atoms with van der Waals surface area (Å²) in [6, 6.07) is 14.4. The first-order valence-electron chi connectivity index (χ1n) is 13.0. The molecule has 1 saturated heterocycles. The van der Waals surface area contributed by atoms with Gasteiger partial charge in [0.25, 0.3) is 0 Å². The lowest BCUT2D eigenvalue weighted by Crippen LogP contribution is -2.39. The second-order valence-corrected chi connectivity index (χ2v) is 10.9.